The first kappa shape index (κ1) is 19.2. The average molecular weight is 385 g/mol. The van der Waals surface area contributed by atoms with Gasteiger partial charge in [-0.2, -0.15) is 5.10 Å². The molecule has 8 heteroatoms. The highest BCUT2D eigenvalue weighted by Crippen LogP contribution is 2.19. The van der Waals surface area contributed by atoms with Crippen LogP contribution in [0.4, 0.5) is 14.5 Å². The zero-order valence-electron chi connectivity index (χ0n) is 15.2. The van der Waals surface area contributed by atoms with Crippen LogP contribution in [0.3, 0.4) is 0 Å². The van der Waals surface area contributed by atoms with Gasteiger partial charge in [0.05, 0.1) is 24.2 Å². The summed E-state index contributed by atoms with van der Waals surface area (Å²) in [5, 5.41) is 6.82. The lowest BCUT2D eigenvalue weighted by Crippen LogP contribution is -2.13. The van der Waals surface area contributed by atoms with E-state index in [1.54, 1.807) is 42.8 Å². The normalized spacial score (nSPS) is 10.6. The minimum absolute atomic E-state index is 0.0100. The maximum absolute atomic E-state index is 13.3. The molecule has 2 aromatic carbocycles. The molecule has 144 valence electrons. The number of hydrogen-bond donors (Lipinski definition) is 1. The van der Waals surface area contributed by atoms with Gasteiger partial charge in [-0.3, -0.25) is 4.79 Å². The Bertz CT molecular complexity index is 1050. The van der Waals surface area contributed by atoms with Gasteiger partial charge >= 0.3 is 5.97 Å². The molecule has 3 aromatic rings. The van der Waals surface area contributed by atoms with Gasteiger partial charge in [0.15, 0.2) is 11.6 Å². The van der Waals surface area contributed by atoms with Crippen molar-refractivity contribution in [3.05, 3.63) is 77.1 Å². The van der Waals surface area contributed by atoms with Crippen LogP contribution in [0.2, 0.25) is 0 Å². The summed E-state index contributed by atoms with van der Waals surface area (Å²) in [4.78, 5) is 24.2. The Hall–Kier alpha value is -3.55. The van der Waals surface area contributed by atoms with E-state index >= 15 is 0 Å². The van der Waals surface area contributed by atoms with Gasteiger partial charge in [0, 0.05) is 11.3 Å². The standard InChI is InChI=1S/C20H17F2N3O3/c1-3-28-20(27)16-11-23-25(12(16)2)15-6-4-5-14(10-15)24-19(26)13-7-8-17(21)18(22)9-13/h4-11H,3H2,1-2H3,(H,24,26). The largest absolute Gasteiger partial charge is 0.462 e. The molecule has 1 heterocycles. The van der Waals surface area contributed by atoms with Gasteiger partial charge in [-0.15, -0.1) is 0 Å². The summed E-state index contributed by atoms with van der Waals surface area (Å²) >= 11 is 0. The van der Waals surface area contributed by atoms with Crippen molar-refractivity contribution < 1.29 is 23.1 Å². The van der Waals surface area contributed by atoms with E-state index in [0.29, 0.717) is 22.6 Å². The van der Waals surface area contributed by atoms with E-state index in [-0.39, 0.29) is 12.2 Å². The van der Waals surface area contributed by atoms with E-state index in [4.69, 9.17) is 4.74 Å². The van der Waals surface area contributed by atoms with Crippen LogP contribution in [0.5, 0.6) is 0 Å². The number of nitrogens with one attached hydrogen (secondary N) is 1. The summed E-state index contributed by atoms with van der Waals surface area (Å²) in [7, 11) is 0. The number of amides is 1. The molecule has 0 bridgehead atoms. The van der Waals surface area contributed by atoms with Crippen LogP contribution in [0, 0.1) is 18.6 Å². The molecule has 0 unspecified atom stereocenters. The highest BCUT2D eigenvalue weighted by atomic mass is 19.2. The molecule has 0 saturated carbocycles. The van der Waals surface area contributed by atoms with Crippen LogP contribution >= 0.6 is 0 Å². The fourth-order valence-electron chi connectivity index (χ4n) is 2.64. The Morgan fingerprint density at radius 2 is 1.93 bits per heavy atom. The first-order valence-electron chi connectivity index (χ1n) is 8.49. The molecule has 0 aliphatic rings. The lowest BCUT2D eigenvalue weighted by molar-refractivity contribution is 0.0525. The quantitative estimate of drug-likeness (QED) is 0.677. The van der Waals surface area contributed by atoms with Crippen molar-refractivity contribution in [2.24, 2.45) is 0 Å². The minimum atomic E-state index is -1.10. The molecule has 6 nitrogen and oxygen atoms in total. The first-order chi connectivity index (χ1) is 13.4. The van der Waals surface area contributed by atoms with E-state index in [1.807, 2.05) is 0 Å². The van der Waals surface area contributed by atoms with Crippen LogP contribution in [0.1, 0.15) is 33.3 Å². The molecule has 3 rings (SSSR count). The number of carbonyl (C=O) groups is 2. The number of carbonyl (C=O) groups excluding carboxylic acids is 2. The Morgan fingerprint density at radius 3 is 2.64 bits per heavy atom. The minimum Gasteiger partial charge on any atom is -0.462 e. The van der Waals surface area contributed by atoms with Gasteiger partial charge in [0.2, 0.25) is 0 Å². The van der Waals surface area contributed by atoms with Crippen LogP contribution in [0.15, 0.2) is 48.7 Å². The van der Waals surface area contributed by atoms with Gasteiger partial charge in [-0.05, 0) is 50.2 Å². The molecule has 0 fully saturated rings. The van der Waals surface area contributed by atoms with Crippen molar-refractivity contribution in [2.75, 3.05) is 11.9 Å². The summed E-state index contributed by atoms with van der Waals surface area (Å²) in [5.41, 5.74) is 1.96. The predicted molar refractivity (Wildman–Crippen MR) is 98.6 cm³/mol. The van der Waals surface area contributed by atoms with Crippen LogP contribution in [-0.4, -0.2) is 28.3 Å². The fourth-order valence-corrected chi connectivity index (χ4v) is 2.64. The molecule has 0 aliphatic heterocycles. The summed E-state index contributed by atoms with van der Waals surface area (Å²) in [6, 6.07) is 9.66. The zero-order chi connectivity index (χ0) is 20.3. The van der Waals surface area contributed by atoms with Crippen molar-refractivity contribution in [3.8, 4) is 5.69 Å². The number of ether oxygens (including phenoxy) is 1. The number of aromatic nitrogens is 2. The molecule has 0 saturated heterocycles. The van der Waals surface area contributed by atoms with E-state index in [1.165, 1.54) is 12.3 Å². The van der Waals surface area contributed by atoms with Gasteiger partial charge in [-0.25, -0.2) is 18.3 Å². The molecule has 1 aromatic heterocycles. The van der Waals surface area contributed by atoms with Crippen molar-refractivity contribution in [1.29, 1.82) is 0 Å². The summed E-state index contributed by atoms with van der Waals surface area (Å²) in [6.45, 7) is 3.71. The van der Waals surface area contributed by atoms with Gasteiger partial charge in [0.1, 0.15) is 5.56 Å². The fraction of sp³-hybridized carbons (Fsp3) is 0.150. The summed E-state index contributed by atoms with van der Waals surface area (Å²) < 4.78 is 32.9. The van der Waals surface area contributed by atoms with Crippen molar-refractivity contribution in [1.82, 2.24) is 9.78 Å². The average Bonchev–Trinajstić information content (AvgIpc) is 3.06. The molecule has 0 atom stereocenters. The topological polar surface area (TPSA) is 73.2 Å². The van der Waals surface area contributed by atoms with Crippen molar-refractivity contribution >= 4 is 17.6 Å². The van der Waals surface area contributed by atoms with Crippen LogP contribution < -0.4 is 5.32 Å². The third-order valence-electron chi connectivity index (χ3n) is 4.04. The highest BCUT2D eigenvalue weighted by Gasteiger charge is 2.16. The lowest BCUT2D eigenvalue weighted by Gasteiger charge is -2.09. The van der Waals surface area contributed by atoms with Crippen LogP contribution in [0.25, 0.3) is 5.69 Å². The second-order valence-electron chi connectivity index (χ2n) is 5.91. The van der Waals surface area contributed by atoms with E-state index in [0.717, 1.165) is 12.1 Å². The first-order valence-corrected chi connectivity index (χ1v) is 8.49. The van der Waals surface area contributed by atoms with Gasteiger partial charge < -0.3 is 10.1 Å². The Morgan fingerprint density at radius 1 is 1.14 bits per heavy atom. The SMILES string of the molecule is CCOC(=O)c1cnn(-c2cccc(NC(=O)c3ccc(F)c(F)c3)c2)c1C. The second-order valence-corrected chi connectivity index (χ2v) is 5.91. The number of esters is 1. The number of benzene rings is 2. The molecule has 1 amide bonds. The van der Waals surface area contributed by atoms with Gasteiger partial charge in [0.25, 0.3) is 5.91 Å². The van der Waals surface area contributed by atoms with Crippen LogP contribution in [-0.2, 0) is 4.74 Å². The summed E-state index contributed by atoms with van der Waals surface area (Å²) in [6.07, 6.45) is 1.42. The second kappa shape index (κ2) is 7.99. The third-order valence-corrected chi connectivity index (χ3v) is 4.04. The monoisotopic (exact) mass is 385 g/mol. The number of hydrogen-bond acceptors (Lipinski definition) is 4. The summed E-state index contributed by atoms with van der Waals surface area (Å²) in [5.74, 6) is -3.17. The highest BCUT2D eigenvalue weighted by molar-refractivity contribution is 6.04. The molecule has 0 spiro atoms. The third kappa shape index (κ3) is 3.90. The van der Waals surface area contributed by atoms with Crippen molar-refractivity contribution in [2.45, 2.75) is 13.8 Å². The van der Waals surface area contributed by atoms with E-state index in [9.17, 15) is 18.4 Å². The van der Waals surface area contributed by atoms with E-state index in [2.05, 4.69) is 10.4 Å². The molecular weight excluding hydrogens is 368 g/mol. The van der Waals surface area contributed by atoms with E-state index < -0.39 is 23.5 Å². The maximum Gasteiger partial charge on any atom is 0.341 e. The zero-order valence-corrected chi connectivity index (χ0v) is 15.2. The maximum atomic E-state index is 13.3. The Labute approximate surface area is 159 Å². The smallest absolute Gasteiger partial charge is 0.341 e. The van der Waals surface area contributed by atoms with Gasteiger partial charge in [-0.1, -0.05) is 6.07 Å². The lowest BCUT2D eigenvalue weighted by atomic mass is 10.2. The number of anilines is 1. The molecule has 0 radical (unpaired) electrons. The molecular formula is C20H17F2N3O3. The Balaban J connectivity index is 1.84. The molecule has 28 heavy (non-hydrogen) atoms. The number of rotatable bonds is 5. The predicted octanol–water partition coefficient (Wildman–Crippen LogP) is 3.89. The number of nitrogens with zero attached hydrogens (tertiary/aromatic N) is 2. The number of halogens is 2. The molecule has 1 N–H and O–H groups in total. The van der Waals surface area contributed by atoms with Crippen molar-refractivity contribution in [3.63, 3.8) is 0 Å². The molecule has 0 aliphatic carbocycles. The Kier molecular flexibility index (Phi) is 5.49.